The second kappa shape index (κ2) is 3.96. The van der Waals surface area contributed by atoms with Crippen molar-refractivity contribution < 1.29 is 9.21 Å². The van der Waals surface area contributed by atoms with Crippen molar-refractivity contribution in [3.63, 3.8) is 0 Å². The first kappa shape index (κ1) is 9.45. The summed E-state index contributed by atoms with van der Waals surface area (Å²) in [6, 6.07) is 7.38. The van der Waals surface area contributed by atoms with Crippen LogP contribution in [0.1, 0.15) is 5.89 Å². The van der Waals surface area contributed by atoms with E-state index >= 15 is 0 Å². The fourth-order valence-electron chi connectivity index (χ4n) is 1.30. The van der Waals surface area contributed by atoms with Crippen molar-refractivity contribution in [2.24, 2.45) is 0 Å². The predicted molar refractivity (Wildman–Crippen MR) is 57.1 cm³/mol. The Morgan fingerprint density at radius 3 is 2.93 bits per heavy atom. The molecule has 1 aromatic carbocycles. The van der Waals surface area contributed by atoms with Gasteiger partial charge in [-0.25, -0.2) is 4.98 Å². The molecule has 0 spiro atoms. The van der Waals surface area contributed by atoms with E-state index in [1.807, 2.05) is 24.3 Å². The minimum absolute atomic E-state index is 0.334. The highest BCUT2D eigenvalue weighted by Crippen LogP contribution is 2.18. The predicted octanol–water partition coefficient (Wildman–Crippen LogP) is 1.59. The maximum absolute atomic E-state index is 10.8. The normalized spacial score (nSPS) is 11.7. The molecular weight excluding hydrogens is 192 g/mol. The summed E-state index contributed by atoms with van der Waals surface area (Å²) in [4.78, 5) is 15.0. The fourth-order valence-corrected chi connectivity index (χ4v) is 1.30. The van der Waals surface area contributed by atoms with Crippen LogP contribution < -0.4 is 5.32 Å². The molecule has 4 heteroatoms. The lowest BCUT2D eigenvalue weighted by Gasteiger charge is -1.91. The van der Waals surface area contributed by atoms with Crippen LogP contribution in [-0.4, -0.2) is 18.3 Å². The van der Waals surface area contributed by atoms with Crippen molar-refractivity contribution in [1.82, 2.24) is 10.3 Å². The number of nitrogens with one attached hydrogen (secondary N) is 1. The largest absolute Gasteiger partial charge is 0.436 e. The second-order valence-electron chi connectivity index (χ2n) is 2.99. The number of allylic oxidation sites excluding steroid dienone is 1. The average Bonchev–Trinajstić information content (AvgIpc) is 2.69. The maximum Gasteiger partial charge on any atom is 0.232 e. The van der Waals surface area contributed by atoms with Crippen molar-refractivity contribution in [2.75, 3.05) is 7.05 Å². The number of aldehydes is 1. The zero-order chi connectivity index (χ0) is 10.7. The van der Waals surface area contributed by atoms with Gasteiger partial charge in [-0.1, -0.05) is 12.1 Å². The molecule has 0 unspecified atom stereocenters. The van der Waals surface area contributed by atoms with Crippen LogP contribution in [-0.2, 0) is 4.79 Å². The van der Waals surface area contributed by atoms with Crippen molar-refractivity contribution >= 4 is 23.0 Å². The molecule has 0 saturated carbocycles. The summed E-state index contributed by atoms with van der Waals surface area (Å²) in [5.41, 5.74) is 1.82. The number of oxazole rings is 1. The Morgan fingerprint density at radius 2 is 2.27 bits per heavy atom. The van der Waals surface area contributed by atoms with Gasteiger partial charge in [-0.05, 0) is 12.1 Å². The summed E-state index contributed by atoms with van der Waals surface area (Å²) in [6.07, 6.45) is 2.26. The Bertz CT molecular complexity index is 481. The Balaban J connectivity index is 2.52. The first-order chi connectivity index (χ1) is 7.35. The van der Waals surface area contributed by atoms with Gasteiger partial charge in [-0.3, -0.25) is 4.79 Å². The Hall–Kier alpha value is -2.10. The van der Waals surface area contributed by atoms with Crippen molar-refractivity contribution in [1.29, 1.82) is 0 Å². The van der Waals surface area contributed by atoms with Gasteiger partial charge < -0.3 is 9.73 Å². The van der Waals surface area contributed by atoms with E-state index < -0.39 is 0 Å². The summed E-state index contributed by atoms with van der Waals surface area (Å²) in [5, 5.41) is 2.77. The molecule has 1 N–H and O–H groups in total. The Morgan fingerprint density at radius 1 is 1.47 bits per heavy atom. The molecule has 0 aliphatic rings. The van der Waals surface area contributed by atoms with E-state index in [0.717, 1.165) is 5.52 Å². The van der Waals surface area contributed by atoms with Crippen LogP contribution in [0.25, 0.3) is 16.7 Å². The third kappa shape index (κ3) is 1.74. The third-order valence-electron chi connectivity index (χ3n) is 1.97. The van der Waals surface area contributed by atoms with Crippen LogP contribution in [0.3, 0.4) is 0 Å². The van der Waals surface area contributed by atoms with E-state index in [4.69, 9.17) is 4.42 Å². The van der Waals surface area contributed by atoms with Gasteiger partial charge >= 0.3 is 0 Å². The first-order valence-corrected chi connectivity index (χ1v) is 4.53. The van der Waals surface area contributed by atoms with Crippen molar-refractivity contribution in [3.05, 3.63) is 36.4 Å². The van der Waals surface area contributed by atoms with E-state index in [0.29, 0.717) is 23.3 Å². The van der Waals surface area contributed by atoms with Gasteiger partial charge in [0.15, 0.2) is 11.9 Å². The van der Waals surface area contributed by atoms with E-state index in [2.05, 4.69) is 10.3 Å². The number of rotatable bonds is 3. The van der Waals surface area contributed by atoms with E-state index in [-0.39, 0.29) is 0 Å². The number of nitrogens with zero attached hydrogens (tertiary/aromatic N) is 1. The van der Waals surface area contributed by atoms with Crippen LogP contribution in [0, 0.1) is 0 Å². The van der Waals surface area contributed by atoms with Gasteiger partial charge in [0, 0.05) is 13.2 Å². The van der Waals surface area contributed by atoms with Crippen LogP contribution in [0.15, 0.2) is 34.9 Å². The summed E-state index contributed by atoms with van der Waals surface area (Å²) < 4.78 is 5.42. The molecule has 0 saturated heterocycles. The minimum atomic E-state index is 0.334. The number of aromatic nitrogens is 1. The van der Waals surface area contributed by atoms with Gasteiger partial charge in [0.1, 0.15) is 5.52 Å². The summed E-state index contributed by atoms with van der Waals surface area (Å²) >= 11 is 0. The van der Waals surface area contributed by atoms with Crippen molar-refractivity contribution in [3.8, 4) is 0 Å². The number of fused-ring (bicyclic) bond motifs is 1. The van der Waals surface area contributed by atoms with Gasteiger partial charge in [0.25, 0.3) is 0 Å². The van der Waals surface area contributed by atoms with Gasteiger partial charge in [0.05, 0.1) is 5.57 Å². The SMILES string of the molecule is CN/C=C(\C=O)c1nc2ccccc2o1. The Kier molecular flexibility index (Phi) is 2.49. The molecule has 0 amide bonds. The molecule has 0 aliphatic heterocycles. The van der Waals surface area contributed by atoms with Gasteiger partial charge in [-0.15, -0.1) is 0 Å². The van der Waals surface area contributed by atoms with Gasteiger partial charge in [-0.2, -0.15) is 0 Å². The molecule has 1 heterocycles. The molecule has 0 aliphatic carbocycles. The Labute approximate surface area is 86.6 Å². The second-order valence-corrected chi connectivity index (χ2v) is 2.99. The molecule has 2 rings (SSSR count). The van der Waals surface area contributed by atoms with E-state index in [9.17, 15) is 4.79 Å². The highest BCUT2D eigenvalue weighted by molar-refractivity contribution is 6.05. The average molecular weight is 202 g/mol. The summed E-state index contributed by atoms with van der Waals surface area (Å²) in [5.74, 6) is 0.334. The molecule has 0 fully saturated rings. The minimum Gasteiger partial charge on any atom is -0.436 e. The molecule has 0 atom stereocenters. The van der Waals surface area contributed by atoms with E-state index in [1.165, 1.54) is 0 Å². The quantitative estimate of drug-likeness (QED) is 0.606. The van der Waals surface area contributed by atoms with Crippen LogP contribution in [0.5, 0.6) is 0 Å². The smallest absolute Gasteiger partial charge is 0.232 e. The van der Waals surface area contributed by atoms with Gasteiger partial charge in [0.2, 0.25) is 5.89 Å². The monoisotopic (exact) mass is 202 g/mol. The number of carbonyl (C=O) groups excluding carboxylic acids is 1. The zero-order valence-corrected chi connectivity index (χ0v) is 8.23. The molecule has 76 valence electrons. The highest BCUT2D eigenvalue weighted by atomic mass is 16.3. The van der Waals surface area contributed by atoms with Crippen LogP contribution >= 0.6 is 0 Å². The summed E-state index contributed by atoms with van der Waals surface area (Å²) in [7, 11) is 1.71. The third-order valence-corrected chi connectivity index (χ3v) is 1.97. The number of carbonyl (C=O) groups is 1. The number of para-hydroxylation sites is 2. The topological polar surface area (TPSA) is 55.1 Å². The molecule has 4 nitrogen and oxygen atoms in total. The lowest BCUT2D eigenvalue weighted by molar-refractivity contribution is -0.103. The lowest BCUT2D eigenvalue weighted by Crippen LogP contribution is -1.97. The highest BCUT2D eigenvalue weighted by Gasteiger charge is 2.08. The molecule has 0 bridgehead atoms. The van der Waals surface area contributed by atoms with Crippen LogP contribution in [0.2, 0.25) is 0 Å². The molecule has 1 aromatic heterocycles. The maximum atomic E-state index is 10.8. The van der Waals surface area contributed by atoms with Crippen molar-refractivity contribution in [2.45, 2.75) is 0 Å². The number of hydrogen-bond donors (Lipinski definition) is 1. The molecule has 2 aromatic rings. The van der Waals surface area contributed by atoms with E-state index in [1.54, 1.807) is 13.2 Å². The standard InChI is InChI=1S/C11H10N2O2/c1-12-6-8(7-14)11-13-9-4-2-3-5-10(9)15-11/h2-7,12H,1H3/b8-6+. The van der Waals surface area contributed by atoms with Crippen LogP contribution in [0.4, 0.5) is 0 Å². The zero-order valence-electron chi connectivity index (χ0n) is 8.23. The number of hydrogen-bond acceptors (Lipinski definition) is 4. The molecular formula is C11H10N2O2. The molecule has 15 heavy (non-hydrogen) atoms. The fraction of sp³-hybridized carbons (Fsp3) is 0.0909. The summed E-state index contributed by atoms with van der Waals surface area (Å²) in [6.45, 7) is 0. The molecule has 0 radical (unpaired) electrons. The first-order valence-electron chi connectivity index (χ1n) is 4.53. The lowest BCUT2D eigenvalue weighted by atomic mass is 10.3. The number of benzene rings is 1.